The standard InChI is InChI=1S/C19H19Cl2N3O3/c1-11(23-16(25)10-12-7-8-14(20)15(21)9-12)18(26)24-19(27)17(22)13-5-3-2-4-6-13/h2-9,11,17H,10,22H2,1H3,(H,23,25)(H,24,26,27)/t11-,17+/m0/s1. The largest absolute Gasteiger partial charge is 0.344 e. The SMILES string of the molecule is C[C@H](NC(=O)Cc1ccc(Cl)c(Cl)c1)C(=O)NC(=O)[C@H](N)c1ccccc1. The number of carbonyl (C=O) groups excluding carboxylic acids is 3. The molecule has 2 rings (SSSR count). The van der Waals surface area contributed by atoms with Crippen LogP contribution < -0.4 is 16.4 Å². The molecule has 4 N–H and O–H groups in total. The van der Waals surface area contributed by atoms with Crippen molar-refractivity contribution in [1.29, 1.82) is 0 Å². The minimum absolute atomic E-state index is 0.0198. The number of benzene rings is 2. The maximum Gasteiger partial charge on any atom is 0.248 e. The summed E-state index contributed by atoms with van der Waals surface area (Å²) in [7, 11) is 0. The zero-order chi connectivity index (χ0) is 20.0. The maximum absolute atomic E-state index is 12.1. The van der Waals surface area contributed by atoms with Gasteiger partial charge in [0.15, 0.2) is 0 Å². The number of rotatable bonds is 6. The van der Waals surface area contributed by atoms with Crippen LogP contribution in [0.4, 0.5) is 0 Å². The number of amides is 3. The third kappa shape index (κ3) is 6.06. The number of carbonyl (C=O) groups is 3. The van der Waals surface area contributed by atoms with E-state index in [0.717, 1.165) is 0 Å². The second kappa shape index (κ2) is 9.50. The highest BCUT2D eigenvalue weighted by Gasteiger charge is 2.22. The Morgan fingerprint density at radius 1 is 1.00 bits per heavy atom. The number of nitrogens with two attached hydrogens (primary N) is 1. The Kier molecular flexibility index (Phi) is 7.36. The van der Waals surface area contributed by atoms with Crippen LogP contribution in [0.5, 0.6) is 0 Å². The number of nitrogens with one attached hydrogen (secondary N) is 2. The van der Waals surface area contributed by atoms with Crippen molar-refractivity contribution < 1.29 is 14.4 Å². The fraction of sp³-hybridized carbons (Fsp3) is 0.211. The molecule has 6 nitrogen and oxygen atoms in total. The predicted octanol–water partition coefficient (Wildman–Crippen LogP) is 2.38. The van der Waals surface area contributed by atoms with Crippen LogP contribution in [0.25, 0.3) is 0 Å². The lowest BCUT2D eigenvalue weighted by molar-refractivity contribution is -0.134. The van der Waals surface area contributed by atoms with Gasteiger partial charge < -0.3 is 11.1 Å². The molecule has 0 saturated heterocycles. The second-order valence-electron chi connectivity index (χ2n) is 5.96. The van der Waals surface area contributed by atoms with Gasteiger partial charge in [0.1, 0.15) is 12.1 Å². The summed E-state index contributed by atoms with van der Waals surface area (Å²) >= 11 is 11.7. The lowest BCUT2D eigenvalue weighted by atomic mass is 10.1. The Bertz CT molecular complexity index is 843. The highest BCUT2D eigenvalue weighted by Crippen LogP contribution is 2.22. The Labute approximate surface area is 167 Å². The molecule has 0 unspecified atom stereocenters. The summed E-state index contributed by atoms with van der Waals surface area (Å²) in [5.74, 6) is -1.68. The minimum Gasteiger partial charge on any atom is -0.344 e. The van der Waals surface area contributed by atoms with Gasteiger partial charge in [-0.05, 0) is 30.2 Å². The zero-order valence-electron chi connectivity index (χ0n) is 14.5. The van der Waals surface area contributed by atoms with Gasteiger partial charge >= 0.3 is 0 Å². The van der Waals surface area contributed by atoms with Gasteiger partial charge in [0.2, 0.25) is 17.7 Å². The molecule has 2 atom stereocenters. The smallest absolute Gasteiger partial charge is 0.248 e. The van der Waals surface area contributed by atoms with Crippen LogP contribution in [0.3, 0.4) is 0 Å². The number of hydrogen-bond donors (Lipinski definition) is 3. The first-order valence-electron chi connectivity index (χ1n) is 8.16. The summed E-state index contributed by atoms with van der Waals surface area (Å²) in [5, 5.41) is 5.47. The molecule has 0 aromatic heterocycles. The van der Waals surface area contributed by atoms with E-state index in [1.54, 1.807) is 48.5 Å². The highest BCUT2D eigenvalue weighted by molar-refractivity contribution is 6.42. The van der Waals surface area contributed by atoms with Crippen LogP contribution in [0.15, 0.2) is 48.5 Å². The minimum atomic E-state index is -0.978. The van der Waals surface area contributed by atoms with Crippen molar-refractivity contribution >= 4 is 40.9 Å². The molecule has 3 amide bonds. The van der Waals surface area contributed by atoms with Crippen LogP contribution in [-0.2, 0) is 20.8 Å². The van der Waals surface area contributed by atoms with Crippen LogP contribution in [-0.4, -0.2) is 23.8 Å². The summed E-state index contributed by atoms with van der Waals surface area (Å²) in [5.41, 5.74) is 7.07. The average molecular weight is 408 g/mol. The molecular formula is C19H19Cl2N3O3. The monoisotopic (exact) mass is 407 g/mol. The fourth-order valence-electron chi connectivity index (χ4n) is 2.31. The molecule has 0 radical (unpaired) electrons. The van der Waals surface area contributed by atoms with Gasteiger partial charge in [-0.15, -0.1) is 0 Å². The lowest BCUT2D eigenvalue weighted by Crippen LogP contribution is -2.49. The highest BCUT2D eigenvalue weighted by atomic mass is 35.5. The van der Waals surface area contributed by atoms with Gasteiger partial charge in [0, 0.05) is 0 Å². The third-order valence-corrected chi connectivity index (χ3v) is 4.55. The molecule has 142 valence electrons. The molecule has 0 aliphatic carbocycles. The van der Waals surface area contributed by atoms with Gasteiger partial charge in [-0.25, -0.2) is 0 Å². The second-order valence-corrected chi connectivity index (χ2v) is 6.77. The van der Waals surface area contributed by atoms with E-state index in [2.05, 4.69) is 10.6 Å². The van der Waals surface area contributed by atoms with Crippen molar-refractivity contribution in [3.63, 3.8) is 0 Å². The van der Waals surface area contributed by atoms with E-state index in [4.69, 9.17) is 28.9 Å². The maximum atomic E-state index is 12.1. The van der Waals surface area contributed by atoms with Crippen molar-refractivity contribution in [3.8, 4) is 0 Å². The summed E-state index contributed by atoms with van der Waals surface area (Å²) in [6.45, 7) is 1.48. The van der Waals surface area contributed by atoms with Gasteiger partial charge in [-0.1, -0.05) is 59.6 Å². The number of halogens is 2. The molecule has 0 bridgehead atoms. The Morgan fingerprint density at radius 3 is 2.30 bits per heavy atom. The van der Waals surface area contributed by atoms with E-state index in [0.29, 0.717) is 21.2 Å². The van der Waals surface area contributed by atoms with E-state index in [1.165, 1.54) is 6.92 Å². The molecule has 2 aromatic rings. The molecule has 2 aromatic carbocycles. The molecule has 0 aliphatic rings. The van der Waals surface area contributed by atoms with E-state index < -0.39 is 29.8 Å². The first-order chi connectivity index (χ1) is 12.8. The van der Waals surface area contributed by atoms with Gasteiger partial charge in [0.05, 0.1) is 16.5 Å². The summed E-state index contributed by atoms with van der Waals surface area (Å²) < 4.78 is 0. The molecule has 0 aliphatic heterocycles. The Hall–Kier alpha value is -2.41. The summed E-state index contributed by atoms with van der Waals surface area (Å²) in [6, 6.07) is 11.6. The number of imide groups is 1. The average Bonchev–Trinajstić information content (AvgIpc) is 2.64. The topological polar surface area (TPSA) is 101 Å². The Balaban J connectivity index is 1.88. The van der Waals surface area contributed by atoms with Crippen molar-refractivity contribution in [2.24, 2.45) is 5.73 Å². The molecular weight excluding hydrogens is 389 g/mol. The van der Waals surface area contributed by atoms with E-state index in [9.17, 15) is 14.4 Å². The van der Waals surface area contributed by atoms with E-state index in [-0.39, 0.29) is 6.42 Å². The Morgan fingerprint density at radius 2 is 1.67 bits per heavy atom. The summed E-state index contributed by atoms with van der Waals surface area (Å²) in [6.07, 6.45) is 0.0198. The molecule has 0 saturated carbocycles. The van der Waals surface area contributed by atoms with Crippen molar-refractivity contribution in [3.05, 3.63) is 69.7 Å². The van der Waals surface area contributed by atoms with Gasteiger partial charge in [0.25, 0.3) is 0 Å². The molecule has 0 fully saturated rings. The van der Waals surface area contributed by atoms with Crippen LogP contribution in [0, 0.1) is 0 Å². The molecule has 0 spiro atoms. The lowest BCUT2D eigenvalue weighted by Gasteiger charge is -2.16. The van der Waals surface area contributed by atoms with Gasteiger partial charge in [-0.3, -0.25) is 19.7 Å². The van der Waals surface area contributed by atoms with Crippen molar-refractivity contribution in [2.75, 3.05) is 0 Å². The van der Waals surface area contributed by atoms with Crippen LogP contribution in [0.1, 0.15) is 24.1 Å². The normalized spacial score (nSPS) is 12.7. The first-order valence-corrected chi connectivity index (χ1v) is 8.92. The summed E-state index contributed by atoms with van der Waals surface area (Å²) in [4.78, 5) is 36.3. The molecule has 27 heavy (non-hydrogen) atoms. The molecule has 0 heterocycles. The van der Waals surface area contributed by atoms with E-state index in [1.807, 2.05) is 0 Å². The quantitative estimate of drug-likeness (QED) is 0.683. The predicted molar refractivity (Wildman–Crippen MR) is 104 cm³/mol. The fourth-order valence-corrected chi connectivity index (χ4v) is 2.63. The zero-order valence-corrected chi connectivity index (χ0v) is 16.1. The van der Waals surface area contributed by atoms with Crippen molar-refractivity contribution in [1.82, 2.24) is 10.6 Å². The van der Waals surface area contributed by atoms with Crippen LogP contribution in [0.2, 0.25) is 10.0 Å². The molecule has 8 heteroatoms. The van der Waals surface area contributed by atoms with Crippen LogP contribution >= 0.6 is 23.2 Å². The number of hydrogen-bond acceptors (Lipinski definition) is 4. The van der Waals surface area contributed by atoms with Crippen molar-refractivity contribution in [2.45, 2.75) is 25.4 Å². The third-order valence-electron chi connectivity index (χ3n) is 3.81. The van der Waals surface area contributed by atoms with Gasteiger partial charge in [-0.2, -0.15) is 0 Å². The van der Waals surface area contributed by atoms with E-state index >= 15 is 0 Å². The first kappa shape index (κ1) is 20.9.